The third-order valence-corrected chi connectivity index (χ3v) is 3.42. The zero-order valence-electron chi connectivity index (χ0n) is 9.95. The summed E-state index contributed by atoms with van der Waals surface area (Å²) in [7, 11) is 1.71. The number of nitrogens with one attached hydrogen (secondary N) is 1. The predicted octanol–water partition coefficient (Wildman–Crippen LogP) is 2.67. The first-order valence-electron chi connectivity index (χ1n) is 5.89. The molecule has 2 rings (SSSR count). The molecule has 0 radical (unpaired) electrons. The summed E-state index contributed by atoms with van der Waals surface area (Å²) in [6.45, 7) is 0.717. The van der Waals surface area contributed by atoms with Crippen molar-refractivity contribution in [3.63, 3.8) is 0 Å². The molecule has 1 atom stereocenters. The third-order valence-electron chi connectivity index (χ3n) is 3.09. The van der Waals surface area contributed by atoms with Gasteiger partial charge >= 0.3 is 0 Å². The van der Waals surface area contributed by atoms with E-state index in [1.807, 2.05) is 18.2 Å². The summed E-state index contributed by atoms with van der Waals surface area (Å²) in [5, 5.41) is 13.2. The fraction of sp³-hybridized carbons (Fsp3) is 0.538. The molecule has 1 fully saturated rings. The van der Waals surface area contributed by atoms with Gasteiger partial charge in [0.25, 0.3) is 0 Å². The minimum atomic E-state index is 0.0320. The molecule has 1 aromatic carbocycles. The van der Waals surface area contributed by atoms with E-state index in [0.717, 1.165) is 11.3 Å². The summed E-state index contributed by atoms with van der Waals surface area (Å²) in [6.07, 6.45) is 2.50. The second kappa shape index (κ2) is 5.71. The van der Waals surface area contributed by atoms with Crippen LogP contribution >= 0.6 is 11.6 Å². The Balaban J connectivity index is 2.09. The lowest BCUT2D eigenvalue weighted by atomic mass is 10.1. The summed E-state index contributed by atoms with van der Waals surface area (Å²) in [4.78, 5) is 0. The zero-order valence-corrected chi connectivity index (χ0v) is 10.7. The van der Waals surface area contributed by atoms with Gasteiger partial charge in [-0.3, -0.25) is 0 Å². The number of hydrogen-bond donors (Lipinski definition) is 2. The first-order chi connectivity index (χ1) is 8.24. The van der Waals surface area contributed by atoms with Gasteiger partial charge in [0.15, 0.2) is 0 Å². The van der Waals surface area contributed by atoms with Crippen molar-refractivity contribution in [3.05, 3.63) is 28.8 Å². The molecule has 17 heavy (non-hydrogen) atoms. The van der Waals surface area contributed by atoms with Crippen LogP contribution in [-0.2, 0) is 11.3 Å². The molecule has 0 aliphatic heterocycles. The van der Waals surface area contributed by atoms with Crippen molar-refractivity contribution in [2.24, 2.45) is 5.92 Å². The average molecular weight is 256 g/mol. The molecule has 0 amide bonds. The Hall–Kier alpha value is -0.770. The van der Waals surface area contributed by atoms with Crippen LogP contribution in [0.3, 0.4) is 0 Å². The minimum Gasteiger partial charge on any atom is -0.392 e. The summed E-state index contributed by atoms with van der Waals surface area (Å²) >= 11 is 6.14. The second-order valence-electron chi connectivity index (χ2n) is 4.52. The normalized spacial score (nSPS) is 16.9. The highest BCUT2D eigenvalue weighted by molar-refractivity contribution is 6.33. The van der Waals surface area contributed by atoms with Crippen molar-refractivity contribution in [3.8, 4) is 0 Å². The zero-order chi connectivity index (χ0) is 12.3. The number of anilines is 1. The fourth-order valence-corrected chi connectivity index (χ4v) is 2.13. The number of ether oxygens (including phenoxy) is 1. The van der Waals surface area contributed by atoms with E-state index in [4.69, 9.17) is 21.4 Å². The molecular weight excluding hydrogens is 238 g/mol. The fourth-order valence-electron chi connectivity index (χ4n) is 1.95. The summed E-state index contributed by atoms with van der Waals surface area (Å²) in [6, 6.07) is 5.85. The molecule has 1 unspecified atom stereocenters. The predicted molar refractivity (Wildman–Crippen MR) is 69.4 cm³/mol. The highest BCUT2D eigenvalue weighted by atomic mass is 35.5. The van der Waals surface area contributed by atoms with Gasteiger partial charge in [-0.25, -0.2) is 0 Å². The molecule has 0 heterocycles. The molecule has 0 bridgehead atoms. The van der Waals surface area contributed by atoms with Crippen molar-refractivity contribution < 1.29 is 9.84 Å². The van der Waals surface area contributed by atoms with E-state index >= 15 is 0 Å². The maximum absolute atomic E-state index is 9.12. The SMILES string of the molecule is COCC(Nc1cc(CO)ccc1Cl)C1CC1. The number of rotatable bonds is 6. The molecule has 3 nitrogen and oxygen atoms in total. The number of methoxy groups -OCH3 is 1. The topological polar surface area (TPSA) is 41.5 Å². The van der Waals surface area contributed by atoms with Gasteiger partial charge in [0, 0.05) is 7.11 Å². The summed E-state index contributed by atoms with van der Waals surface area (Å²) in [5.74, 6) is 0.684. The smallest absolute Gasteiger partial charge is 0.0682 e. The van der Waals surface area contributed by atoms with Crippen molar-refractivity contribution in [2.75, 3.05) is 19.0 Å². The molecule has 0 spiro atoms. The van der Waals surface area contributed by atoms with E-state index < -0.39 is 0 Å². The highest BCUT2D eigenvalue weighted by Gasteiger charge is 2.31. The van der Waals surface area contributed by atoms with E-state index in [9.17, 15) is 0 Å². The quantitative estimate of drug-likeness (QED) is 0.821. The molecule has 1 aliphatic carbocycles. The van der Waals surface area contributed by atoms with Gasteiger partial charge in [-0.2, -0.15) is 0 Å². The number of benzene rings is 1. The maximum atomic E-state index is 9.12. The first-order valence-corrected chi connectivity index (χ1v) is 6.27. The molecule has 0 aromatic heterocycles. The molecule has 2 N–H and O–H groups in total. The Kier molecular flexibility index (Phi) is 4.26. The van der Waals surface area contributed by atoms with Crippen molar-refractivity contribution in [1.29, 1.82) is 0 Å². The van der Waals surface area contributed by atoms with E-state index in [1.54, 1.807) is 7.11 Å². The van der Waals surface area contributed by atoms with Crippen LogP contribution in [0.25, 0.3) is 0 Å². The van der Waals surface area contributed by atoms with Crippen LogP contribution in [0.4, 0.5) is 5.69 Å². The van der Waals surface area contributed by atoms with Gasteiger partial charge in [0.1, 0.15) is 0 Å². The summed E-state index contributed by atoms with van der Waals surface area (Å²) in [5.41, 5.74) is 1.75. The molecule has 94 valence electrons. The first kappa shape index (κ1) is 12.7. The van der Waals surface area contributed by atoms with Crippen molar-refractivity contribution in [1.82, 2.24) is 0 Å². The lowest BCUT2D eigenvalue weighted by Crippen LogP contribution is -2.27. The summed E-state index contributed by atoms with van der Waals surface area (Å²) < 4.78 is 5.22. The van der Waals surface area contributed by atoms with E-state index in [-0.39, 0.29) is 6.61 Å². The number of aliphatic hydroxyl groups excluding tert-OH is 1. The van der Waals surface area contributed by atoms with Gasteiger partial charge in [-0.1, -0.05) is 17.7 Å². The lowest BCUT2D eigenvalue weighted by Gasteiger charge is -2.20. The van der Waals surface area contributed by atoms with Crippen LogP contribution in [0.5, 0.6) is 0 Å². The highest BCUT2D eigenvalue weighted by Crippen LogP contribution is 2.35. The molecule has 1 aromatic rings. The van der Waals surface area contributed by atoms with Gasteiger partial charge < -0.3 is 15.2 Å². The van der Waals surface area contributed by atoms with Crippen LogP contribution in [0.15, 0.2) is 18.2 Å². The van der Waals surface area contributed by atoms with E-state index in [2.05, 4.69) is 5.32 Å². The van der Waals surface area contributed by atoms with Gasteiger partial charge in [0.2, 0.25) is 0 Å². The van der Waals surface area contributed by atoms with Crippen LogP contribution < -0.4 is 5.32 Å². The average Bonchev–Trinajstić information content (AvgIpc) is 3.15. The standard InChI is InChI=1S/C13H18ClNO2/c1-17-8-13(10-3-4-10)15-12-6-9(7-16)2-5-11(12)14/h2,5-6,10,13,15-16H,3-4,7-8H2,1H3. The lowest BCUT2D eigenvalue weighted by molar-refractivity contribution is 0.179. The van der Waals surface area contributed by atoms with Crippen LogP contribution in [0.2, 0.25) is 5.02 Å². The van der Waals surface area contributed by atoms with Gasteiger partial charge in [-0.15, -0.1) is 0 Å². The number of halogens is 1. The van der Waals surface area contributed by atoms with Crippen LogP contribution in [0.1, 0.15) is 18.4 Å². The van der Waals surface area contributed by atoms with E-state index in [0.29, 0.717) is 23.6 Å². The van der Waals surface area contributed by atoms with Crippen LogP contribution in [-0.4, -0.2) is 24.9 Å². The Morgan fingerprint density at radius 2 is 2.29 bits per heavy atom. The Labute approximate surface area is 107 Å². The maximum Gasteiger partial charge on any atom is 0.0682 e. The molecular formula is C13H18ClNO2. The molecule has 0 saturated heterocycles. The molecule has 1 saturated carbocycles. The Morgan fingerprint density at radius 3 is 2.88 bits per heavy atom. The number of aliphatic hydroxyl groups is 1. The number of hydrogen-bond acceptors (Lipinski definition) is 3. The second-order valence-corrected chi connectivity index (χ2v) is 4.92. The van der Waals surface area contributed by atoms with Crippen molar-refractivity contribution in [2.45, 2.75) is 25.5 Å². The molecule has 4 heteroatoms. The molecule has 1 aliphatic rings. The van der Waals surface area contributed by atoms with Gasteiger partial charge in [-0.05, 0) is 36.5 Å². The Morgan fingerprint density at radius 1 is 1.53 bits per heavy atom. The largest absolute Gasteiger partial charge is 0.392 e. The Bertz CT molecular complexity index is 380. The van der Waals surface area contributed by atoms with Crippen LogP contribution in [0, 0.1) is 5.92 Å². The monoisotopic (exact) mass is 255 g/mol. The van der Waals surface area contributed by atoms with Crippen molar-refractivity contribution >= 4 is 17.3 Å². The minimum absolute atomic E-state index is 0.0320. The third kappa shape index (κ3) is 3.35. The van der Waals surface area contributed by atoms with Gasteiger partial charge in [0.05, 0.1) is 30.0 Å². The van der Waals surface area contributed by atoms with E-state index in [1.165, 1.54) is 12.8 Å².